The molecular weight excluding hydrogens is 518 g/mol. The average Bonchev–Trinajstić information content (AvgIpc) is 2.93. The number of nitrogens with zero attached hydrogens (tertiary/aromatic N) is 2. The summed E-state index contributed by atoms with van der Waals surface area (Å²) in [5.74, 6) is -2.09. The smallest absolute Gasteiger partial charge is 0.403 e. The fourth-order valence-electron chi connectivity index (χ4n) is 5.04. The van der Waals surface area contributed by atoms with Crippen molar-refractivity contribution in [2.24, 2.45) is 5.92 Å². The number of hydrogen-bond donors (Lipinski definition) is 3. The van der Waals surface area contributed by atoms with Crippen LogP contribution in [0, 0.1) is 11.7 Å². The molecule has 8 nitrogen and oxygen atoms in total. The van der Waals surface area contributed by atoms with Gasteiger partial charge in [0.05, 0.1) is 11.6 Å². The standard InChI is InChI=1S/C27H29F4N5O3/c28-21-12-16(5-6-23(21)39-27(29,30)31)24(19-2-1-9-32-14-19)36-25(37)17-3-4-18-15-33-26(35-22(18)13-17)34-20-7-10-38-11-8-20/h3-6,12-13,15,19-20,24,32H,1-2,7-11,14H2,(H,36,37)(H,33,34,35)/t19-,24?/m0/s1. The van der Waals surface area contributed by atoms with Crippen molar-refractivity contribution in [1.82, 2.24) is 20.6 Å². The maximum atomic E-state index is 14.6. The number of nitrogens with one attached hydrogen (secondary N) is 3. The topological polar surface area (TPSA) is 97.4 Å². The Kier molecular flexibility index (Phi) is 8.12. The molecule has 12 heteroatoms. The number of alkyl halides is 3. The van der Waals surface area contributed by atoms with Crippen LogP contribution in [0.5, 0.6) is 5.75 Å². The summed E-state index contributed by atoms with van der Waals surface area (Å²) in [5.41, 5.74) is 1.29. The normalized spacial score (nSPS) is 19.4. The second-order valence-corrected chi connectivity index (χ2v) is 9.79. The van der Waals surface area contributed by atoms with E-state index in [2.05, 4.69) is 30.7 Å². The summed E-state index contributed by atoms with van der Waals surface area (Å²) in [6, 6.07) is 7.93. The predicted octanol–water partition coefficient (Wildman–Crippen LogP) is 4.73. The Morgan fingerprint density at radius 3 is 2.67 bits per heavy atom. The minimum absolute atomic E-state index is 0.0884. The van der Waals surface area contributed by atoms with Crippen LogP contribution < -0.4 is 20.7 Å². The Morgan fingerprint density at radius 2 is 1.95 bits per heavy atom. The van der Waals surface area contributed by atoms with Crippen LogP contribution in [0.2, 0.25) is 0 Å². The molecule has 0 aliphatic carbocycles. The lowest BCUT2D eigenvalue weighted by atomic mass is 9.87. The van der Waals surface area contributed by atoms with Gasteiger partial charge in [0.15, 0.2) is 11.6 Å². The van der Waals surface area contributed by atoms with Gasteiger partial charge in [-0.3, -0.25) is 4.79 Å². The van der Waals surface area contributed by atoms with Gasteiger partial charge in [-0.2, -0.15) is 0 Å². The Bertz CT molecular complexity index is 1310. The first-order chi connectivity index (χ1) is 18.7. The molecule has 1 unspecified atom stereocenters. The highest BCUT2D eigenvalue weighted by Crippen LogP contribution is 2.32. The summed E-state index contributed by atoms with van der Waals surface area (Å²) in [7, 11) is 0. The van der Waals surface area contributed by atoms with Gasteiger partial charge < -0.3 is 25.4 Å². The van der Waals surface area contributed by atoms with Crippen LogP contribution in [-0.4, -0.2) is 54.6 Å². The van der Waals surface area contributed by atoms with Gasteiger partial charge >= 0.3 is 6.36 Å². The summed E-state index contributed by atoms with van der Waals surface area (Å²) in [4.78, 5) is 22.3. The summed E-state index contributed by atoms with van der Waals surface area (Å²) in [5, 5.41) is 10.3. The summed E-state index contributed by atoms with van der Waals surface area (Å²) < 4.78 is 61.6. The molecule has 39 heavy (non-hydrogen) atoms. The first kappa shape index (κ1) is 27.1. The lowest BCUT2D eigenvalue weighted by molar-refractivity contribution is -0.275. The fraction of sp³-hybridized carbons (Fsp3) is 0.444. The van der Waals surface area contributed by atoms with Crippen molar-refractivity contribution in [3.8, 4) is 5.75 Å². The van der Waals surface area contributed by atoms with E-state index in [1.807, 2.05) is 0 Å². The summed E-state index contributed by atoms with van der Waals surface area (Å²) >= 11 is 0. The van der Waals surface area contributed by atoms with Crippen molar-refractivity contribution in [3.05, 3.63) is 59.5 Å². The van der Waals surface area contributed by atoms with Crippen LogP contribution in [0.1, 0.15) is 47.6 Å². The predicted molar refractivity (Wildman–Crippen MR) is 136 cm³/mol. The second-order valence-electron chi connectivity index (χ2n) is 9.79. The summed E-state index contributed by atoms with van der Waals surface area (Å²) in [6.07, 6.45) is -0.00786. The lowest BCUT2D eigenvalue weighted by Gasteiger charge is -2.32. The Hall–Kier alpha value is -3.51. The quantitative estimate of drug-likeness (QED) is 0.368. The number of fused-ring (bicyclic) bond motifs is 1. The van der Waals surface area contributed by atoms with Gasteiger partial charge in [0, 0.05) is 42.9 Å². The zero-order valence-corrected chi connectivity index (χ0v) is 21.1. The van der Waals surface area contributed by atoms with Crippen LogP contribution in [0.25, 0.3) is 10.9 Å². The number of aromatic nitrogens is 2. The van der Waals surface area contributed by atoms with Gasteiger partial charge in [-0.25, -0.2) is 14.4 Å². The van der Waals surface area contributed by atoms with E-state index in [4.69, 9.17) is 4.74 Å². The highest BCUT2D eigenvalue weighted by atomic mass is 19.4. The number of hydrogen-bond acceptors (Lipinski definition) is 7. The zero-order valence-electron chi connectivity index (χ0n) is 21.1. The van der Waals surface area contributed by atoms with Crippen molar-refractivity contribution >= 4 is 22.8 Å². The second kappa shape index (κ2) is 11.7. The van der Waals surface area contributed by atoms with Crippen molar-refractivity contribution in [3.63, 3.8) is 0 Å². The van der Waals surface area contributed by atoms with Gasteiger partial charge in [0.25, 0.3) is 5.91 Å². The molecule has 1 amide bonds. The van der Waals surface area contributed by atoms with Crippen LogP contribution in [0.15, 0.2) is 42.6 Å². The van der Waals surface area contributed by atoms with Crippen molar-refractivity contribution < 1.29 is 31.8 Å². The van der Waals surface area contributed by atoms with E-state index < -0.39 is 29.9 Å². The highest BCUT2D eigenvalue weighted by Gasteiger charge is 2.33. The third-order valence-corrected chi connectivity index (χ3v) is 7.03. The molecule has 0 bridgehead atoms. The monoisotopic (exact) mass is 547 g/mol. The number of piperidine rings is 1. The van der Waals surface area contributed by atoms with Crippen molar-refractivity contribution in [2.75, 3.05) is 31.6 Å². The molecule has 3 heterocycles. The Labute approximate surface area is 222 Å². The molecule has 1 aromatic heterocycles. The van der Waals surface area contributed by atoms with Crippen LogP contribution >= 0.6 is 0 Å². The number of anilines is 1. The number of benzene rings is 2. The zero-order chi connectivity index (χ0) is 27.4. The molecular formula is C27H29F4N5O3. The molecule has 208 valence electrons. The first-order valence-electron chi connectivity index (χ1n) is 12.9. The first-order valence-corrected chi connectivity index (χ1v) is 12.9. The van der Waals surface area contributed by atoms with E-state index in [0.29, 0.717) is 42.4 Å². The molecule has 0 radical (unpaired) electrons. The van der Waals surface area contributed by atoms with Gasteiger partial charge in [-0.05, 0) is 68.0 Å². The number of amides is 1. The number of halogens is 4. The lowest BCUT2D eigenvalue weighted by Crippen LogP contribution is -2.41. The minimum Gasteiger partial charge on any atom is -0.403 e. The maximum Gasteiger partial charge on any atom is 0.573 e. The van der Waals surface area contributed by atoms with E-state index in [9.17, 15) is 22.4 Å². The number of carbonyl (C=O) groups excluding carboxylic acids is 1. The van der Waals surface area contributed by atoms with Crippen LogP contribution in [0.4, 0.5) is 23.5 Å². The van der Waals surface area contributed by atoms with E-state index in [0.717, 1.165) is 49.7 Å². The fourth-order valence-corrected chi connectivity index (χ4v) is 5.04. The SMILES string of the molecule is O=C(NC(c1ccc(OC(F)(F)F)c(F)c1)[C@H]1CCCNC1)c1ccc2cnc(NC3CCOCC3)nc2c1. The van der Waals surface area contributed by atoms with E-state index >= 15 is 0 Å². The molecule has 2 fully saturated rings. The van der Waals surface area contributed by atoms with E-state index in [-0.39, 0.29) is 12.0 Å². The molecule has 2 aromatic carbocycles. The molecule has 3 N–H and O–H groups in total. The largest absolute Gasteiger partial charge is 0.573 e. The van der Waals surface area contributed by atoms with Crippen molar-refractivity contribution in [2.45, 2.75) is 44.1 Å². The molecule has 2 aliphatic heterocycles. The summed E-state index contributed by atoms with van der Waals surface area (Å²) in [6.45, 7) is 2.74. The molecule has 0 saturated carbocycles. The number of ether oxygens (including phenoxy) is 2. The van der Waals surface area contributed by atoms with Gasteiger partial charge in [0.2, 0.25) is 5.95 Å². The maximum absolute atomic E-state index is 14.6. The Balaban J connectivity index is 1.37. The average molecular weight is 548 g/mol. The molecule has 0 spiro atoms. The molecule has 3 aromatic rings. The number of carbonyl (C=O) groups is 1. The molecule has 2 aliphatic rings. The van der Waals surface area contributed by atoms with Gasteiger partial charge in [0.1, 0.15) is 0 Å². The Morgan fingerprint density at radius 1 is 1.13 bits per heavy atom. The van der Waals surface area contributed by atoms with Crippen LogP contribution in [0.3, 0.4) is 0 Å². The molecule has 2 saturated heterocycles. The van der Waals surface area contributed by atoms with E-state index in [1.54, 1.807) is 24.4 Å². The van der Waals surface area contributed by atoms with Crippen LogP contribution in [-0.2, 0) is 4.74 Å². The van der Waals surface area contributed by atoms with Gasteiger partial charge in [-0.15, -0.1) is 13.2 Å². The molecule has 2 atom stereocenters. The molecule has 5 rings (SSSR count). The third-order valence-electron chi connectivity index (χ3n) is 7.03. The minimum atomic E-state index is -5.01. The van der Waals surface area contributed by atoms with Gasteiger partial charge in [-0.1, -0.05) is 12.1 Å². The third kappa shape index (κ3) is 6.93. The van der Waals surface area contributed by atoms with E-state index in [1.165, 1.54) is 6.07 Å². The number of rotatable bonds is 7. The van der Waals surface area contributed by atoms with Crippen molar-refractivity contribution in [1.29, 1.82) is 0 Å². The highest BCUT2D eigenvalue weighted by molar-refractivity contribution is 5.98.